The SMILES string of the molecule is COCCN1Cc2c(ccc(Cl)c2Cl)C1CN. The summed E-state index contributed by atoms with van der Waals surface area (Å²) in [5.41, 5.74) is 8.14. The standard InChI is InChI=1S/C12H16Cl2N2O/c1-17-5-4-16-7-9-8(11(16)6-15)2-3-10(13)12(9)14/h2-3,11H,4-7,15H2,1H3. The lowest BCUT2D eigenvalue weighted by Crippen LogP contribution is -2.30. The highest BCUT2D eigenvalue weighted by atomic mass is 35.5. The van der Waals surface area contributed by atoms with Crippen LogP contribution < -0.4 is 5.73 Å². The number of hydrogen-bond acceptors (Lipinski definition) is 3. The number of halogens is 2. The number of nitrogens with two attached hydrogens (primary N) is 1. The molecule has 1 aliphatic rings. The van der Waals surface area contributed by atoms with E-state index in [1.165, 1.54) is 5.56 Å². The van der Waals surface area contributed by atoms with Gasteiger partial charge in [-0.3, -0.25) is 4.90 Å². The van der Waals surface area contributed by atoms with Crippen LogP contribution in [-0.2, 0) is 11.3 Å². The molecule has 17 heavy (non-hydrogen) atoms. The van der Waals surface area contributed by atoms with Gasteiger partial charge in [0.2, 0.25) is 0 Å². The van der Waals surface area contributed by atoms with Gasteiger partial charge in [-0.1, -0.05) is 29.3 Å². The van der Waals surface area contributed by atoms with Gasteiger partial charge >= 0.3 is 0 Å². The average molecular weight is 275 g/mol. The third-order valence-corrected chi connectivity index (χ3v) is 4.04. The Morgan fingerprint density at radius 1 is 1.47 bits per heavy atom. The number of rotatable bonds is 4. The predicted octanol–water partition coefficient (Wildman–Crippen LogP) is 2.46. The zero-order valence-electron chi connectivity index (χ0n) is 9.75. The molecule has 0 aromatic heterocycles. The van der Waals surface area contributed by atoms with E-state index in [0.29, 0.717) is 23.2 Å². The van der Waals surface area contributed by atoms with Crippen molar-refractivity contribution in [1.29, 1.82) is 0 Å². The number of methoxy groups -OCH3 is 1. The van der Waals surface area contributed by atoms with Gasteiger partial charge in [0.05, 0.1) is 16.7 Å². The maximum atomic E-state index is 6.23. The van der Waals surface area contributed by atoms with Crippen LogP contribution in [0.15, 0.2) is 12.1 Å². The molecule has 0 fully saturated rings. The van der Waals surface area contributed by atoms with Crippen LogP contribution in [-0.4, -0.2) is 31.7 Å². The molecule has 1 atom stereocenters. The second-order valence-corrected chi connectivity index (χ2v) is 4.93. The second kappa shape index (κ2) is 5.55. The fourth-order valence-electron chi connectivity index (χ4n) is 2.31. The first kappa shape index (κ1) is 13.1. The third kappa shape index (κ3) is 2.44. The summed E-state index contributed by atoms with van der Waals surface area (Å²) >= 11 is 12.3. The lowest BCUT2D eigenvalue weighted by Gasteiger charge is -2.23. The van der Waals surface area contributed by atoms with Gasteiger partial charge in [-0.2, -0.15) is 0 Å². The van der Waals surface area contributed by atoms with E-state index in [4.69, 9.17) is 33.7 Å². The molecular weight excluding hydrogens is 259 g/mol. The fraction of sp³-hybridized carbons (Fsp3) is 0.500. The van der Waals surface area contributed by atoms with Crippen LogP contribution in [0.2, 0.25) is 10.0 Å². The van der Waals surface area contributed by atoms with E-state index >= 15 is 0 Å². The summed E-state index contributed by atoms with van der Waals surface area (Å²) in [5.74, 6) is 0. The smallest absolute Gasteiger partial charge is 0.0640 e. The Bertz CT molecular complexity index is 412. The first-order valence-electron chi connectivity index (χ1n) is 5.58. The van der Waals surface area contributed by atoms with Crippen LogP contribution >= 0.6 is 23.2 Å². The zero-order chi connectivity index (χ0) is 12.4. The van der Waals surface area contributed by atoms with Crippen molar-refractivity contribution >= 4 is 23.2 Å². The molecule has 94 valence electrons. The molecule has 0 saturated carbocycles. The molecule has 0 radical (unpaired) electrons. The minimum Gasteiger partial charge on any atom is -0.383 e. The largest absolute Gasteiger partial charge is 0.383 e. The van der Waals surface area contributed by atoms with Gasteiger partial charge in [-0.05, 0) is 17.2 Å². The van der Waals surface area contributed by atoms with Crippen molar-refractivity contribution in [2.45, 2.75) is 12.6 Å². The molecule has 0 spiro atoms. The van der Waals surface area contributed by atoms with Crippen molar-refractivity contribution in [2.75, 3.05) is 26.8 Å². The van der Waals surface area contributed by atoms with Crippen LogP contribution in [0, 0.1) is 0 Å². The minimum atomic E-state index is 0.218. The van der Waals surface area contributed by atoms with Crippen molar-refractivity contribution in [3.8, 4) is 0 Å². The molecule has 1 aromatic carbocycles. The number of hydrogen-bond donors (Lipinski definition) is 1. The topological polar surface area (TPSA) is 38.5 Å². The Balaban J connectivity index is 2.28. The summed E-state index contributed by atoms with van der Waals surface area (Å²) in [6.07, 6.45) is 0. The van der Waals surface area contributed by atoms with Crippen LogP contribution in [0.3, 0.4) is 0 Å². The summed E-state index contributed by atoms with van der Waals surface area (Å²) in [6.45, 7) is 2.91. The normalized spacial score (nSPS) is 19.6. The van der Waals surface area contributed by atoms with E-state index in [1.807, 2.05) is 12.1 Å². The summed E-state index contributed by atoms with van der Waals surface area (Å²) in [6, 6.07) is 4.08. The molecule has 5 heteroatoms. The van der Waals surface area contributed by atoms with Gasteiger partial charge < -0.3 is 10.5 Å². The van der Waals surface area contributed by atoms with Gasteiger partial charge in [0, 0.05) is 32.8 Å². The van der Waals surface area contributed by atoms with Gasteiger partial charge in [0.1, 0.15) is 0 Å². The molecule has 0 saturated heterocycles. The molecule has 0 bridgehead atoms. The van der Waals surface area contributed by atoms with Crippen molar-refractivity contribution in [3.05, 3.63) is 33.3 Å². The van der Waals surface area contributed by atoms with E-state index in [2.05, 4.69) is 4.90 Å². The Morgan fingerprint density at radius 3 is 2.88 bits per heavy atom. The van der Waals surface area contributed by atoms with E-state index < -0.39 is 0 Å². The molecule has 1 heterocycles. The zero-order valence-corrected chi connectivity index (χ0v) is 11.3. The van der Waals surface area contributed by atoms with Gasteiger partial charge in [-0.25, -0.2) is 0 Å². The average Bonchev–Trinajstić information content (AvgIpc) is 2.69. The number of ether oxygens (including phenoxy) is 1. The molecule has 2 rings (SSSR count). The highest BCUT2D eigenvalue weighted by Gasteiger charge is 2.30. The molecule has 0 aliphatic carbocycles. The maximum Gasteiger partial charge on any atom is 0.0640 e. The molecule has 0 amide bonds. The van der Waals surface area contributed by atoms with Crippen LogP contribution in [0.5, 0.6) is 0 Å². The third-order valence-electron chi connectivity index (χ3n) is 3.20. The monoisotopic (exact) mass is 274 g/mol. The van der Waals surface area contributed by atoms with E-state index in [9.17, 15) is 0 Å². The van der Waals surface area contributed by atoms with Crippen molar-refractivity contribution in [1.82, 2.24) is 4.90 Å². The Morgan fingerprint density at radius 2 is 2.24 bits per heavy atom. The van der Waals surface area contributed by atoms with Crippen LogP contribution in [0.4, 0.5) is 0 Å². The molecule has 2 N–H and O–H groups in total. The molecule has 3 nitrogen and oxygen atoms in total. The first-order chi connectivity index (χ1) is 8.19. The Kier molecular flexibility index (Phi) is 4.28. The second-order valence-electron chi connectivity index (χ2n) is 4.14. The Labute approximate surface area is 111 Å². The highest BCUT2D eigenvalue weighted by Crippen LogP contribution is 2.39. The molecule has 1 aliphatic heterocycles. The van der Waals surface area contributed by atoms with Crippen LogP contribution in [0.1, 0.15) is 17.2 Å². The van der Waals surface area contributed by atoms with Gasteiger partial charge in [-0.15, -0.1) is 0 Å². The Hall–Kier alpha value is -0.320. The minimum absolute atomic E-state index is 0.218. The van der Waals surface area contributed by atoms with E-state index in [-0.39, 0.29) is 6.04 Å². The number of fused-ring (bicyclic) bond motifs is 1. The van der Waals surface area contributed by atoms with Gasteiger partial charge in [0.25, 0.3) is 0 Å². The number of benzene rings is 1. The quantitative estimate of drug-likeness (QED) is 0.917. The summed E-state index contributed by atoms with van der Waals surface area (Å²) in [4.78, 5) is 2.27. The van der Waals surface area contributed by atoms with E-state index in [1.54, 1.807) is 7.11 Å². The highest BCUT2D eigenvalue weighted by molar-refractivity contribution is 6.42. The summed E-state index contributed by atoms with van der Waals surface area (Å²) in [7, 11) is 1.70. The fourth-order valence-corrected chi connectivity index (χ4v) is 2.72. The lowest BCUT2D eigenvalue weighted by atomic mass is 10.1. The summed E-state index contributed by atoms with van der Waals surface area (Å²) < 4.78 is 5.11. The first-order valence-corrected chi connectivity index (χ1v) is 6.34. The van der Waals surface area contributed by atoms with Crippen LogP contribution in [0.25, 0.3) is 0 Å². The number of nitrogens with zero attached hydrogens (tertiary/aromatic N) is 1. The van der Waals surface area contributed by atoms with Crippen molar-refractivity contribution in [3.63, 3.8) is 0 Å². The van der Waals surface area contributed by atoms with Crippen molar-refractivity contribution < 1.29 is 4.74 Å². The maximum absolute atomic E-state index is 6.23. The van der Waals surface area contributed by atoms with E-state index in [0.717, 1.165) is 18.7 Å². The predicted molar refractivity (Wildman–Crippen MR) is 70.5 cm³/mol. The van der Waals surface area contributed by atoms with Gasteiger partial charge in [0.15, 0.2) is 0 Å². The van der Waals surface area contributed by atoms with Crippen molar-refractivity contribution in [2.24, 2.45) is 5.73 Å². The molecule has 1 aromatic rings. The summed E-state index contributed by atoms with van der Waals surface area (Å²) in [5, 5.41) is 1.26. The lowest BCUT2D eigenvalue weighted by molar-refractivity contribution is 0.128. The molecule has 1 unspecified atom stereocenters. The molecular formula is C12H16Cl2N2O.